The molecule has 3 heterocycles. The van der Waals surface area contributed by atoms with Crippen LogP contribution in [0.15, 0.2) is 86.0 Å². The molecule has 45 heavy (non-hydrogen) atoms. The lowest BCUT2D eigenvalue weighted by Crippen LogP contribution is -2.58. The molecule has 2 bridgehead atoms. The van der Waals surface area contributed by atoms with Gasteiger partial charge in [-0.15, -0.1) is 13.2 Å². The van der Waals surface area contributed by atoms with Gasteiger partial charge in [0.2, 0.25) is 17.7 Å². The highest BCUT2D eigenvalue weighted by Gasteiger charge is 2.80. The first-order valence-corrected chi connectivity index (χ1v) is 16.2. The molecule has 8 atom stereocenters. The van der Waals surface area contributed by atoms with E-state index < -0.39 is 35.1 Å². The summed E-state index contributed by atoms with van der Waals surface area (Å²) in [5.74, 6) is -2.66. The summed E-state index contributed by atoms with van der Waals surface area (Å²) in [5.41, 5.74) is -0.801. The third-order valence-electron chi connectivity index (χ3n) is 10.4. The van der Waals surface area contributed by atoms with Gasteiger partial charge in [-0.3, -0.25) is 14.4 Å². The molecule has 3 aliphatic rings. The number of hydrogen-bond donors (Lipinski definition) is 1. The number of likely N-dealkylation sites (tertiary alicyclic amines) is 1. The van der Waals surface area contributed by atoms with Crippen LogP contribution < -0.4 is 4.90 Å². The van der Waals surface area contributed by atoms with Gasteiger partial charge in [-0.1, -0.05) is 81.0 Å². The van der Waals surface area contributed by atoms with E-state index in [4.69, 9.17) is 4.74 Å². The third-order valence-corrected chi connectivity index (χ3v) is 10.4. The van der Waals surface area contributed by atoms with Crippen molar-refractivity contribution in [2.24, 2.45) is 17.8 Å². The van der Waals surface area contributed by atoms with E-state index in [0.29, 0.717) is 24.2 Å². The Labute approximate surface area is 267 Å². The minimum absolute atomic E-state index is 0.109. The number of amides is 3. The molecule has 8 heteroatoms. The number of nitrogens with zero attached hydrogens (tertiary/aromatic N) is 3. The van der Waals surface area contributed by atoms with Crippen LogP contribution in [-0.4, -0.2) is 75.6 Å². The maximum atomic E-state index is 15.0. The monoisotopic (exact) mass is 613 g/mol. The van der Waals surface area contributed by atoms with Gasteiger partial charge in [-0.05, 0) is 50.3 Å². The number of carbonyl (C=O) groups is 3. The highest BCUT2D eigenvalue weighted by atomic mass is 16.5. The summed E-state index contributed by atoms with van der Waals surface area (Å²) in [7, 11) is 0. The van der Waals surface area contributed by atoms with Gasteiger partial charge in [0, 0.05) is 24.8 Å². The molecule has 1 N–H and O–H groups in total. The molecule has 3 fully saturated rings. The Kier molecular flexibility index (Phi) is 9.38. The van der Waals surface area contributed by atoms with E-state index in [1.165, 1.54) is 0 Å². The van der Waals surface area contributed by atoms with E-state index >= 15 is 0 Å². The summed E-state index contributed by atoms with van der Waals surface area (Å²) in [6, 6.07) is 16.7. The first-order chi connectivity index (χ1) is 21.6. The average molecular weight is 614 g/mol. The second-order valence-corrected chi connectivity index (χ2v) is 13.0. The molecule has 2 aromatic carbocycles. The number of aliphatic hydroxyl groups is 1. The fraction of sp³-hybridized carbons (Fsp3) is 0.486. The number of benzene rings is 2. The molecule has 0 aromatic heterocycles. The zero-order valence-electron chi connectivity index (χ0n) is 27.0. The number of fused-ring (bicyclic) bond motifs is 1. The van der Waals surface area contributed by atoms with Gasteiger partial charge in [-0.25, -0.2) is 0 Å². The highest BCUT2D eigenvalue weighted by Crippen LogP contribution is 2.66. The van der Waals surface area contributed by atoms with Crippen molar-refractivity contribution in [2.75, 3.05) is 24.6 Å². The van der Waals surface area contributed by atoms with E-state index in [1.54, 1.807) is 26.9 Å². The highest BCUT2D eigenvalue weighted by molar-refractivity contribution is 6.03. The summed E-state index contributed by atoms with van der Waals surface area (Å²) in [5, 5.41) is 10.8. The van der Waals surface area contributed by atoms with Crippen LogP contribution in [0.25, 0.3) is 0 Å². The molecule has 8 nitrogen and oxygen atoms in total. The van der Waals surface area contributed by atoms with E-state index in [-0.39, 0.29) is 42.8 Å². The number of hydrogen-bond acceptors (Lipinski definition) is 5. The van der Waals surface area contributed by atoms with Crippen LogP contribution in [0.3, 0.4) is 0 Å². The number of rotatable bonds is 13. The van der Waals surface area contributed by atoms with Crippen LogP contribution in [0.1, 0.15) is 58.6 Å². The van der Waals surface area contributed by atoms with Crippen molar-refractivity contribution < 1.29 is 24.2 Å². The second kappa shape index (κ2) is 12.9. The lowest BCUT2D eigenvalue weighted by molar-refractivity contribution is -0.157. The van der Waals surface area contributed by atoms with Crippen LogP contribution in [0, 0.1) is 17.8 Å². The number of anilines is 1. The van der Waals surface area contributed by atoms with Crippen molar-refractivity contribution in [1.82, 2.24) is 9.80 Å². The first kappa shape index (κ1) is 32.6. The van der Waals surface area contributed by atoms with Crippen LogP contribution in [0.5, 0.6) is 0 Å². The number of carbonyl (C=O) groups excluding carboxylic acids is 3. The molecule has 3 aliphatic heterocycles. The first-order valence-electron chi connectivity index (χ1n) is 16.2. The Morgan fingerprint density at radius 1 is 1.07 bits per heavy atom. The summed E-state index contributed by atoms with van der Waals surface area (Å²) < 4.78 is 7.02. The zero-order chi connectivity index (χ0) is 32.5. The normalized spacial score (nSPS) is 29.6. The quantitative estimate of drug-likeness (QED) is 0.316. The summed E-state index contributed by atoms with van der Waals surface area (Å²) >= 11 is 0. The van der Waals surface area contributed by atoms with Crippen molar-refractivity contribution in [3.8, 4) is 0 Å². The van der Waals surface area contributed by atoms with Crippen LogP contribution in [0.2, 0.25) is 0 Å². The molecular formula is C37H47N3O5. The van der Waals surface area contributed by atoms with Crippen LogP contribution >= 0.6 is 0 Å². The topological polar surface area (TPSA) is 90.4 Å². The molecule has 3 amide bonds. The lowest BCUT2D eigenvalue weighted by atomic mass is 9.62. The minimum atomic E-state index is -1.24. The molecule has 3 saturated heterocycles. The largest absolute Gasteiger partial charge is 0.394 e. The standard InChI is InChI=1S/C37H47N3O5/c1-7-16-26(5)38(21-8-2)35(44)32-37-23-25(4)36(6,45-37)30(33(42)39(22-9-3)28-19-14-11-15-20-28)31(37)34(43)40(32)29(24-41)27-17-12-10-13-18-27/h8-15,17-20,25-26,29-32,41H,2-3,7,16,21-24H2,1,4-6H3/t25?,26?,29-,30+,31+,32?,36-,37?/m1/s1. The van der Waals surface area contributed by atoms with Gasteiger partial charge in [-0.2, -0.15) is 0 Å². The van der Waals surface area contributed by atoms with Gasteiger partial charge in [0.1, 0.15) is 11.6 Å². The van der Waals surface area contributed by atoms with Gasteiger partial charge in [0.15, 0.2) is 0 Å². The lowest BCUT2D eigenvalue weighted by Gasteiger charge is -2.41. The van der Waals surface area contributed by atoms with Gasteiger partial charge >= 0.3 is 0 Å². The molecule has 2 aromatic rings. The van der Waals surface area contributed by atoms with E-state index in [9.17, 15) is 19.5 Å². The summed E-state index contributed by atoms with van der Waals surface area (Å²) in [6.07, 6.45) is 5.49. The molecule has 5 rings (SSSR count). The maximum absolute atomic E-state index is 15.0. The van der Waals surface area contributed by atoms with Crippen molar-refractivity contribution in [3.05, 3.63) is 91.5 Å². The van der Waals surface area contributed by atoms with E-state index in [1.807, 2.05) is 81.4 Å². The number of para-hydroxylation sites is 1. The van der Waals surface area contributed by atoms with Gasteiger partial charge < -0.3 is 24.5 Å². The van der Waals surface area contributed by atoms with Crippen LogP contribution in [-0.2, 0) is 19.1 Å². The minimum Gasteiger partial charge on any atom is -0.394 e. The molecule has 1 spiro atoms. The van der Waals surface area contributed by atoms with Crippen molar-refractivity contribution >= 4 is 23.4 Å². The van der Waals surface area contributed by atoms with E-state index in [0.717, 1.165) is 12.8 Å². The predicted octanol–water partition coefficient (Wildman–Crippen LogP) is 5.15. The second-order valence-electron chi connectivity index (χ2n) is 13.0. The fourth-order valence-corrected chi connectivity index (χ4v) is 8.28. The van der Waals surface area contributed by atoms with E-state index in [2.05, 4.69) is 20.1 Å². The molecule has 0 saturated carbocycles. The van der Waals surface area contributed by atoms with Crippen molar-refractivity contribution in [2.45, 2.75) is 76.3 Å². The van der Waals surface area contributed by atoms with Gasteiger partial charge in [0.25, 0.3) is 0 Å². The molecular weight excluding hydrogens is 566 g/mol. The molecule has 0 aliphatic carbocycles. The predicted molar refractivity (Wildman–Crippen MR) is 175 cm³/mol. The van der Waals surface area contributed by atoms with Crippen molar-refractivity contribution in [1.29, 1.82) is 0 Å². The Balaban J connectivity index is 1.68. The molecule has 4 unspecified atom stereocenters. The molecule has 240 valence electrons. The maximum Gasteiger partial charge on any atom is 0.248 e. The SMILES string of the molecule is C=CCN(C(=O)[C@@H]1[C@H]2C(=O)N([C@H](CO)c3ccccc3)C(C(=O)N(CC=C)C(C)CCC)C23CC(C)[C@@]1(C)O3)c1ccccc1. The third kappa shape index (κ3) is 5.22. The Hall–Kier alpha value is -3.75. The van der Waals surface area contributed by atoms with Crippen LogP contribution in [0.4, 0.5) is 5.69 Å². The summed E-state index contributed by atoms with van der Waals surface area (Å²) in [4.78, 5) is 49.7. The fourth-order valence-electron chi connectivity index (χ4n) is 8.28. The number of ether oxygens (including phenoxy) is 1. The Morgan fingerprint density at radius 2 is 1.69 bits per heavy atom. The average Bonchev–Trinajstić information content (AvgIpc) is 3.56. The summed E-state index contributed by atoms with van der Waals surface area (Å²) in [6.45, 7) is 16.0. The smallest absolute Gasteiger partial charge is 0.248 e. The Morgan fingerprint density at radius 3 is 2.27 bits per heavy atom. The zero-order valence-corrected chi connectivity index (χ0v) is 27.0. The Bertz CT molecular complexity index is 1420. The van der Waals surface area contributed by atoms with Gasteiger partial charge in [0.05, 0.1) is 30.1 Å². The number of aliphatic hydroxyl groups excluding tert-OH is 1. The van der Waals surface area contributed by atoms with Crippen molar-refractivity contribution in [3.63, 3.8) is 0 Å². The molecule has 0 radical (unpaired) electrons.